The third kappa shape index (κ3) is 5.09. The van der Waals surface area contributed by atoms with E-state index < -0.39 is 5.82 Å². The summed E-state index contributed by atoms with van der Waals surface area (Å²) < 4.78 is 13.9. The number of carbonyl (C=O) groups is 1. The lowest BCUT2D eigenvalue weighted by Gasteiger charge is -2.32. The van der Waals surface area contributed by atoms with Crippen LogP contribution in [0, 0.1) is 12.7 Å². The number of halogens is 1. The maximum absolute atomic E-state index is 13.9. The second kappa shape index (κ2) is 9.64. The van der Waals surface area contributed by atoms with E-state index in [0.717, 1.165) is 41.5 Å². The molecule has 9 heteroatoms. The second-order valence-electron chi connectivity index (χ2n) is 8.12. The van der Waals surface area contributed by atoms with E-state index in [1.165, 1.54) is 23.9 Å². The van der Waals surface area contributed by atoms with Crippen molar-refractivity contribution < 1.29 is 9.18 Å². The van der Waals surface area contributed by atoms with E-state index >= 15 is 0 Å². The summed E-state index contributed by atoms with van der Waals surface area (Å²) in [4.78, 5) is 25.0. The quantitative estimate of drug-likeness (QED) is 0.269. The van der Waals surface area contributed by atoms with Crippen LogP contribution in [-0.4, -0.2) is 39.0 Å². The number of Topliss-reactive ketones (excluding diaryl/α,β-unsaturated/α-hetero) is 1. The number of rotatable bonds is 8. The number of aromatic amines is 1. The first-order valence-corrected chi connectivity index (χ1v) is 11.8. The number of carbonyl (C=O) groups excluding carboxylic acids is 1. The fourth-order valence-electron chi connectivity index (χ4n) is 3.59. The van der Waals surface area contributed by atoms with Gasteiger partial charge < -0.3 is 10.2 Å². The van der Waals surface area contributed by atoms with Gasteiger partial charge in [-0.2, -0.15) is 5.10 Å². The average molecular weight is 475 g/mol. The smallest absolute Gasteiger partial charge is 0.196 e. The van der Waals surface area contributed by atoms with Crippen LogP contribution in [0.5, 0.6) is 0 Å². The number of aromatic nitrogens is 4. The zero-order chi connectivity index (χ0) is 23.5. The lowest BCUT2D eigenvalue weighted by Crippen LogP contribution is -2.37. The van der Waals surface area contributed by atoms with Gasteiger partial charge in [0.05, 0.1) is 5.56 Å². The van der Waals surface area contributed by atoms with E-state index in [-0.39, 0.29) is 17.8 Å². The Hall–Kier alpha value is -3.72. The van der Waals surface area contributed by atoms with E-state index in [0.29, 0.717) is 16.8 Å². The van der Waals surface area contributed by atoms with Crippen LogP contribution in [0.3, 0.4) is 0 Å². The topological polar surface area (TPSA) is 86.8 Å². The number of benzene rings is 2. The fourth-order valence-corrected chi connectivity index (χ4v) is 4.36. The largest absolute Gasteiger partial charge is 0.356 e. The lowest BCUT2D eigenvalue weighted by molar-refractivity contribution is 0.0989. The molecule has 1 fully saturated rings. The van der Waals surface area contributed by atoms with Crippen LogP contribution in [0.15, 0.2) is 70.7 Å². The first kappa shape index (κ1) is 22.1. The van der Waals surface area contributed by atoms with Gasteiger partial charge in [-0.1, -0.05) is 24.3 Å². The molecule has 0 amide bonds. The van der Waals surface area contributed by atoms with Crippen LogP contribution < -0.4 is 10.2 Å². The molecule has 1 saturated heterocycles. The van der Waals surface area contributed by atoms with Crippen molar-refractivity contribution in [1.82, 2.24) is 20.2 Å². The van der Waals surface area contributed by atoms with Crippen LogP contribution in [0.1, 0.15) is 28.0 Å². The van der Waals surface area contributed by atoms with Gasteiger partial charge in [-0.15, -0.1) is 0 Å². The summed E-state index contributed by atoms with van der Waals surface area (Å²) in [7, 11) is 0. The van der Waals surface area contributed by atoms with E-state index in [9.17, 15) is 9.18 Å². The number of nitrogens with one attached hydrogen (secondary N) is 2. The fraction of sp³-hybridized carbons (Fsp3) is 0.200. The Labute approximate surface area is 200 Å². The zero-order valence-electron chi connectivity index (χ0n) is 18.6. The lowest BCUT2D eigenvalue weighted by atomic mass is 10.0. The minimum Gasteiger partial charge on any atom is -0.356 e. The normalized spacial score (nSPS) is 12.9. The highest BCUT2D eigenvalue weighted by Crippen LogP contribution is 2.30. The molecule has 2 N–H and O–H groups in total. The van der Waals surface area contributed by atoms with Crippen molar-refractivity contribution in [2.45, 2.75) is 29.8 Å². The molecule has 34 heavy (non-hydrogen) atoms. The summed E-state index contributed by atoms with van der Waals surface area (Å²) in [6.45, 7) is 3.90. The minimum atomic E-state index is -0.492. The number of aryl methyl sites for hydroxylation is 1. The Kier molecular flexibility index (Phi) is 6.27. The number of hydrogen-bond donors (Lipinski definition) is 2. The number of ketones is 1. The third-order valence-electron chi connectivity index (χ3n) is 5.51. The average Bonchev–Trinajstić information content (AvgIpc) is 3.18. The van der Waals surface area contributed by atoms with Crippen LogP contribution in [-0.2, 0) is 6.42 Å². The Balaban J connectivity index is 1.31. The second-order valence-corrected chi connectivity index (χ2v) is 9.16. The van der Waals surface area contributed by atoms with Crippen LogP contribution in [0.25, 0.3) is 0 Å². The maximum Gasteiger partial charge on any atom is 0.196 e. The highest BCUT2D eigenvalue weighted by molar-refractivity contribution is 7.99. The SMILES string of the molecule is Cc1cc(Nc2cc(N3CCC3)nc(Sc3ccc(CC(=O)c4ccccc4F)cc3)n2)n[nH]1. The van der Waals surface area contributed by atoms with E-state index in [2.05, 4.69) is 25.4 Å². The van der Waals surface area contributed by atoms with Crippen molar-refractivity contribution in [2.75, 3.05) is 23.3 Å². The number of H-pyrrole nitrogens is 1. The molecule has 7 nitrogen and oxygen atoms in total. The summed E-state index contributed by atoms with van der Waals surface area (Å²) in [5, 5.41) is 11.0. The van der Waals surface area contributed by atoms with Crippen LogP contribution in [0.2, 0.25) is 0 Å². The van der Waals surface area contributed by atoms with Crippen LogP contribution in [0.4, 0.5) is 21.8 Å². The molecular weight excluding hydrogens is 451 g/mol. The molecule has 2 aromatic heterocycles. The van der Waals surface area contributed by atoms with E-state index in [4.69, 9.17) is 4.98 Å². The number of hydrogen-bond acceptors (Lipinski definition) is 7. The minimum absolute atomic E-state index is 0.115. The zero-order valence-corrected chi connectivity index (χ0v) is 19.4. The summed E-state index contributed by atoms with van der Waals surface area (Å²) in [6, 6.07) is 17.5. The van der Waals surface area contributed by atoms with Crippen molar-refractivity contribution >= 4 is 35.0 Å². The molecule has 0 unspecified atom stereocenters. The van der Waals surface area contributed by atoms with Gasteiger partial charge in [0.1, 0.15) is 17.5 Å². The van der Waals surface area contributed by atoms with Crippen molar-refractivity contribution in [2.24, 2.45) is 0 Å². The summed E-state index contributed by atoms with van der Waals surface area (Å²) in [5.41, 5.74) is 1.90. The van der Waals surface area contributed by atoms with Gasteiger partial charge in [0.15, 0.2) is 16.8 Å². The number of anilines is 3. The first-order valence-electron chi connectivity index (χ1n) is 11.0. The Morgan fingerprint density at radius 1 is 1.09 bits per heavy atom. The molecule has 0 spiro atoms. The molecular formula is C25H23FN6OS. The van der Waals surface area contributed by atoms with Crippen LogP contribution >= 0.6 is 11.8 Å². The summed E-state index contributed by atoms with van der Waals surface area (Å²) >= 11 is 1.45. The summed E-state index contributed by atoms with van der Waals surface area (Å²) in [5.74, 6) is 1.52. The molecule has 3 heterocycles. The van der Waals surface area contributed by atoms with Crippen molar-refractivity contribution in [3.05, 3.63) is 83.3 Å². The monoisotopic (exact) mass is 474 g/mol. The molecule has 5 rings (SSSR count). The predicted octanol–water partition coefficient (Wildman–Crippen LogP) is 5.18. The molecule has 4 aromatic rings. The predicted molar refractivity (Wildman–Crippen MR) is 130 cm³/mol. The van der Waals surface area contributed by atoms with E-state index in [1.54, 1.807) is 12.1 Å². The molecule has 0 bridgehead atoms. The third-order valence-corrected chi connectivity index (χ3v) is 6.38. The van der Waals surface area contributed by atoms with E-state index in [1.807, 2.05) is 43.3 Å². The standard InChI is InChI=1S/C25H23FN6OS/c1-16-13-23(31-30-16)27-22-15-24(32-11-4-12-32)29-25(28-22)34-18-9-7-17(8-10-18)14-21(33)19-5-2-3-6-20(19)26/h2-3,5-10,13,15H,4,11-12,14H2,1H3,(H2,27,28,29,30,31). The van der Waals surface area contributed by atoms with Crippen molar-refractivity contribution in [3.63, 3.8) is 0 Å². The highest BCUT2D eigenvalue weighted by Gasteiger charge is 2.19. The Bertz CT molecular complexity index is 1320. The van der Waals surface area contributed by atoms with Gasteiger partial charge in [-0.3, -0.25) is 9.89 Å². The van der Waals surface area contributed by atoms with Crippen molar-refractivity contribution in [1.29, 1.82) is 0 Å². The highest BCUT2D eigenvalue weighted by atomic mass is 32.2. The molecule has 1 aliphatic heterocycles. The molecule has 172 valence electrons. The molecule has 0 radical (unpaired) electrons. The number of nitrogens with zero attached hydrogens (tertiary/aromatic N) is 4. The Morgan fingerprint density at radius 3 is 2.56 bits per heavy atom. The molecule has 0 aliphatic carbocycles. The summed E-state index contributed by atoms with van der Waals surface area (Å²) in [6.07, 6.45) is 1.30. The van der Waals surface area contributed by atoms with Gasteiger partial charge in [-0.05, 0) is 54.9 Å². The van der Waals surface area contributed by atoms with Gasteiger partial charge in [0.25, 0.3) is 0 Å². The van der Waals surface area contributed by atoms with Crippen molar-refractivity contribution in [3.8, 4) is 0 Å². The molecule has 1 aliphatic rings. The molecule has 0 saturated carbocycles. The molecule has 2 aromatic carbocycles. The molecule has 0 atom stereocenters. The van der Waals surface area contributed by atoms with Gasteiger partial charge in [0.2, 0.25) is 0 Å². The van der Waals surface area contributed by atoms with Gasteiger partial charge in [0, 0.05) is 42.2 Å². The maximum atomic E-state index is 13.9. The van der Waals surface area contributed by atoms with Gasteiger partial charge in [-0.25, -0.2) is 14.4 Å². The first-order chi connectivity index (χ1) is 16.5. The van der Waals surface area contributed by atoms with Gasteiger partial charge >= 0.3 is 0 Å². The Morgan fingerprint density at radius 2 is 1.88 bits per heavy atom.